The number of carboxylic acid groups (broad SMARTS) is 2. The van der Waals surface area contributed by atoms with Crippen molar-refractivity contribution in [3.63, 3.8) is 0 Å². The second kappa shape index (κ2) is 7.19. The topological polar surface area (TPSA) is 98.1 Å². The van der Waals surface area contributed by atoms with Crippen LogP contribution < -0.4 is 0 Å². The maximum Gasteiger partial charge on any atom is 0.317 e. The number of hydrogen-bond acceptors (Lipinski definition) is 4. The molecule has 0 aromatic rings. The van der Waals surface area contributed by atoms with Crippen molar-refractivity contribution < 1.29 is 24.9 Å². The average Bonchev–Trinajstić information content (AvgIpc) is 2.13. The summed E-state index contributed by atoms with van der Waals surface area (Å²) >= 11 is 0. The lowest BCUT2D eigenvalue weighted by Crippen LogP contribution is -2.36. The van der Waals surface area contributed by atoms with Crippen LogP contribution >= 0.6 is 0 Å². The van der Waals surface area contributed by atoms with Gasteiger partial charge in [-0.15, -0.1) is 0 Å². The van der Waals surface area contributed by atoms with Crippen molar-refractivity contribution in [2.24, 2.45) is 5.92 Å². The second-order valence-corrected chi connectivity index (χ2v) is 3.45. The van der Waals surface area contributed by atoms with E-state index in [0.717, 1.165) is 0 Å². The summed E-state index contributed by atoms with van der Waals surface area (Å²) in [5.41, 5.74) is 0. The van der Waals surface area contributed by atoms with Gasteiger partial charge in [-0.05, 0) is 6.42 Å². The Kier molecular flexibility index (Phi) is 6.64. The predicted octanol–water partition coefficient (Wildman–Crippen LogP) is -0.524. The van der Waals surface area contributed by atoms with E-state index in [-0.39, 0.29) is 19.7 Å². The number of carboxylic acids is 2. The Morgan fingerprint density at radius 2 is 1.93 bits per heavy atom. The molecule has 6 heteroatoms. The Balaban J connectivity index is 4.10. The van der Waals surface area contributed by atoms with Gasteiger partial charge in [0.05, 0.1) is 12.5 Å². The Hall–Kier alpha value is -1.14. The van der Waals surface area contributed by atoms with Crippen LogP contribution in [-0.4, -0.2) is 58.4 Å². The molecule has 0 saturated heterocycles. The highest BCUT2D eigenvalue weighted by molar-refractivity contribution is 5.70. The minimum absolute atomic E-state index is 0.0302. The number of nitrogens with zero attached hydrogens (tertiary/aromatic N) is 1. The van der Waals surface area contributed by atoms with Gasteiger partial charge in [0.15, 0.2) is 0 Å². The first-order chi connectivity index (χ1) is 6.97. The van der Waals surface area contributed by atoms with Gasteiger partial charge >= 0.3 is 11.9 Å². The van der Waals surface area contributed by atoms with Crippen LogP contribution in [0.1, 0.15) is 13.3 Å². The van der Waals surface area contributed by atoms with Crippen LogP contribution in [-0.2, 0) is 9.59 Å². The van der Waals surface area contributed by atoms with Crippen molar-refractivity contribution in [2.45, 2.75) is 13.3 Å². The summed E-state index contributed by atoms with van der Waals surface area (Å²) in [6, 6.07) is 0. The Morgan fingerprint density at radius 1 is 1.33 bits per heavy atom. The van der Waals surface area contributed by atoms with Crippen molar-refractivity contribution >= 4 is 11.9 Å². The molecule has 0 aromatic heterocycles. The first kappa shape index (κ1) is 13.9. The van der Waals surface area contributed by atoms with Gasteiger partial charge in [0, 0.05) is 19.7 Å². The normalized spacial score (nSPS) is 12.7. The van der Waals surface area contributed by atoms with Crippen LogP contribution in [0.25, 0.3) is 0 Å². The number of carbonyl (C=O) groups is 2. The lowest BCUT2D eigenvalue weighted by atomic mass is 10.1. The molecule has 0 spiro atoms. The lowest BCUT2D eigenvalue weighted by Gasteiger charge is -2.21. The van der Waals surface area contributed by atoms with E-state index < -0.39 is 17.9 Å². The summed E-state index contributed by atoms with van der Waals surface area (Å²) in [7, 11) is 0. The van der Waals surface area contributed by atoms with E-state index >= 15 is 0 Å². The van der Waals surface area contributed by atoms with Gasteiger partial charge in [-0.25, -0.2) is 0 Å². The van der Waals surface area contributed by atoms with Crippen molar-refractivity contribution in [2.75, 3.05) is 26.2 Å². The van der Waals surface area contributed by atoms with Gasteiger partial charge in [-0.3, -0.25) is 14.5 Å². The van der Waals surface area contributed by atoms with E-state index in [9.17, 15) is 9.59 Å². The molecule has 0 aliphatic carbocycles. The Morgan fingerprint density at radius 3 is 2.33 bits per heavy atom. The molecular weight excluding hydrogens is 202 g/mol. The highest BCUT2D eigenvalue weighted by Crippen LogP contribution is 2.01. The minimum atomic E-state index is -0.995. The summed E-state index contributed by atoms with van der Waals surface area (Å²) in [6.07, 6.45) is 0.444. The van der Waals surface area contributed by atoms with Crippen LogP contribution in [0.4, 0.5) is 0 Å². The van der Waals surface area contributed by atoms with E-state index in [0.29, 0.717) is 13.0 Å². The lowest BCUT2D eigenvalue weighted by molar-refractivity contribution is -0.144. The zero-order valence-electron chi connectivity index (χ0n) is 8.72. The minimum Gasteiger partial charge on any atom is -0.481 e. The molecule has 0 radical (unpaired) electrons. The summed E-state index contributed by atoms with van der Waals surface area (Å²) in [6.45, 7) is 1.87. The summed E-state index contributed by atoms with van der Waals surface area (Å²) in [4.78, 5) is 22.6. The molecule has 0 amide bonds. The fraction of sp³-hybridized carbons (Fsp3) is 0.778. The van der Waals surface area contributed by atoms with Crippen LogP contribution in [0.5, 0.6) is 0 Å². The van der Waals surface area contributed by atoms with Crippen LogP contribution in [0.15, 0.2) is 0 Å². The summed E-state index contributed by atoms with van der Waals surface area (Å²) in [5.74, 6) is -2.55. The van der Waals surface area contributed by atoms with Gasteiger partial charge in [-0.2, -0.15) is 0 Å². The van der Waals surface area contributed by atoms with E-state index in [1.807, 2.05) is 0 Å². The molecule has 0 saturated carbocycles. The maximum absolute atomic E-state index is 10.6. The molecule has 88 valence electrons. The van der Waals surface area contributed by atoms with Gasteiger partial charge in [0.2, 0.25) is 0 Å². The smallest absolute Gasteiger partial charge is 0.317 e. The quantitative estimate of drug-likeness (QED) is 0.508. The SMILES string of the molecule is CC(CN(CCCO)CC(=O)O)C(=O)O. The second-order valence-electron chi connectivity index (χ2n) is 3.45. The third-order valence-electron chi connectivity index (χ3n) is 1.94. The summed E-state index contributed by atoms with van der Waals surface area (Å²) in [5, 5.41) is 25.9. The average molecular weight is 219 g/mol. The standard InChI is InChI=1S/C9H17NO5/c1-7(9(14)15)5-10(3-2-4-11)6-8(12)13/h7,11H,2-6H2,1H3,(H,12,13)(H,14,15). The molecule has 0 aromatic carbocycles. The van der Waals surface area contributed by atoms with E-state index in [1.165, 1.54) is 11.8 Å². The maximum atomic E-state index is 10.6. The van der Waals surface area contributed by atoms with E-state index in [2.05, 4.69) is 0 Å². The third-order valence-corrected chi connectivity index (χ3v) is 1.94. The molecule has 0 rings (SSSR count). The highest BCUT2D eigenvalue weighted by Gasteiger charge is 2.17. The fourth-order valence-corrected chi connectivity index (χ4v) is 1.19. The molecule has 15 heavy (non-hydrogen) atoms. The molecule has 0 bridgehead atoms. The molecular formula is C9H17NO5. The molecule has 0 aliphatic heterocycles. The van der Waals surface area contributed by atoms with Gasteiger partial charge in [-0.1, -0.05) is 6.92 Å². The van der Waals surface area contributed by atoms with Crippen LogP contribution in [0, 0.1) is 5.92 Å². The van der Waals surface area contributed by atoms with Gasteiger partial charge in [0.1, 0.15) is 0 Å². The zero-order valence-corrected chi connectivity index (χ0v) is 8.72. The Labute approximate surface area is 88.1 Å². The van der Waals surface area contributed by atoms with Crippen molar-refractivity contribution in [1.29, 1.82) is 0 Å². The molecule has 6 nitrogen and oxygen atoms in total. The molecule has 1 unspecified atom stereocenters. The Bertz CT molecular complexity index is 219. The van der Waals surface area contributed by atoms with Gasteiger partial charge < -0.3 is 15.3 Å². The number of rotatable bonds is 8. The number of aliphatic hydroxyl groups is 1. The molecule has 3 N–H and O–H groups in total. The van der Waals surface area contributed by atoms with Crippen molar-refractivity contribution in [1.82, 2.24) is 4.90 Å². The van der Waals surface area contributed by atoms with Crippen LogP contribution in [0.2, 0.25) is 0 Å². The van der Waals surface area contributed by atoms with Crippen LogP contribution in [0.3, 0.4) is 0 Å². The monoisotopic (exact) mass is 219 g/mol. The number of aliphatic hydroxyl groups excluding tert-OH is 1. The zero-order chi connectivity index (χ0) is 11.8. The first-order valence-electron chi connectivity index (χ1n) is 4.75. The molecule has 1 atom stereocenters. The van der Waals surface area contributed by atoms with Gasteiger partial charge in [0.25, 0.3) is 0 Å². The van der Waals surface area contributed by atoms with E-state index in [1.54, 1.807) is 0 Å². The predicted molar refractivity (Wildman–Crippen MR) is 52.6 cm³/mol. The third kappa shape index (κ3) is 6.87. The first-order valence-corrected chi connectivity index (χ1v) is 4.75. The summed E-state index contributed by atoms with van der Waals surface area (Å²) < 4.78 is 0. The van der Waals surface area contributed by atoms with Crippen molar-refractivity contribution in [3.05, 3.63) is 0 Å². The molecule has 0 heterocycles. The largest absolute Gasteiger partial charge is 0.481 e. The fourth-order valence-electron chi connectivity index (χ4n) is 1.19. The molecule has 0 fully saturated rings. The number of aliphatic carboxylic acids is 2. The molecule has 0 aliphatic rings. The van der Waals surface area contributed by atoms with Crippen molar-refractivity contribution in [3.8, 4) is 0 Å². The highest BCUT2D eigenvalue weighted by atomic mass is 16.4. The van der Waals surface area contributed by atoms with E-state index in [4.69, 9.17) is 15.3 Å². The number of hydrogen-bond donors (Lipinski definition) is 3.